The second-order valence-corrected chi connectivity index (χ2v) is 5.70. The third-order valence-electron chi connectivity index (χ3n) is 3.34. The highest BCUT2D eigenvalue weighted by molar-refractivity contribution is 7.99. The molecule has 2 heterocycles. The van der Waals surface area contributed by atoms with Crippen molar-refractivity contribution in [3.8, 4) is 0 Å². The minimum atomic E-state index is 0.0652. The number of carbonyl (C=O) groups is 1. The molecule has 6 nitrogen and oxygen atoms in total. The predicted molar refractivity (Wildman–Crippen MR) is 78.0 cm³/mol. The van der Waals surface area contributed by atoms with Crippen LogP contribution in [-0.4, -0.2) is 32.6 Å². The fraction of sp³-hybridized carbons (Fsp3) is 0.308. The van der Waals surface area contributed by atoms with Crippen molar-refractivity contribution in [2.45, 2.75) is 24.5 Å². The number of fused-ring (bicyclic) bond motifs is 1. The van der Waals surface area contributed by atoms with Crippen LogP contribution >= 0.6 is 11.8 Å². The van der Waals surface area contributed by atoms with Gasteiger partial charge in [-0.25, -0.2) is 4.68 Å². The van der Waals surface area contributed by atoms with Crippen LogP contribution in [0.2, 0.25) is 0 Å². The number of carbonyl (C=O) groups excluding carboxylic acids is 1. The normalized spacial score (nSPS) is 17.2. The Kier molecular flexibility index (Phi) is 3.35. The van der Waals surface area contributed by atoms with Gasteiger partial charge in [-0.15, -0.1) is 10.2 Å². The number of nitrogens with zero attached hydrogens (tertiary/aromatic N) is 4. The molecule has 0 unspecified atom stereocenters. The molecule has 0 saturated heterocycles. The lowest BCUT2D eigenvalue weighted by Gasteiger charge is -2.22. The van der Waals surface area contributed by atoms with Gasteiger partial charge in [0.05, 0.1) is 5.75 Å². The Bertz CT molecular complexity index is 641. The molecule has 0 spiro atoms. The maximum Gasteiger partial charge on any atom is 0.237 e. The monoisotopic (exact) mass is 289 g/mol. The summed E-state index contributed by atoms with van der Waals surface area (Å²) in [5.74, 6) is 6.00. The number of amides is 1. The van der Waals surface area contributed by atoms with Gasteiger partial charge in [-0.1, -0.05) is 30.0 Å². The van der Waals surface area contributed by atoms with E-state index in [1.807, 2.05) is 23.1 Å². The molecular formula is C13H15N5OS. The molecule has 3 rings (SSSR count). The molecular weight excluding hydrogens is 274 g/mol. The minimum Gasteiger partial charge on any atom is -0.336 e. The largest absolute Gasteiger partial charge is 0.336 e. The van der Waals surface area contributed by atoms with E-state index in [0.29, 0.717) is 10.9 Å². The standard InChI is InChI=1S/C13H15N5OS/c1-9-6-10-4-2-3-5-11(10)18(9)12(19)7-20-13-16-15-8-17(13)14/h2-5,8-9H,6-7,14H2,1H3/t9-/m0/s1. The number of benzene rings is 1. The zero-order valence-corrected chi connectivity index (χ0v) is 11.9. The van der Waals surface area contributed by atoms with E-state index in [0.717, 1.165) is 12.1 Å². The van der Waals surface area contributed by atoms with E-state index < -0.39 is 0 Å². The van der Waals surface area contributed by atoms with Gasteiger partial charge < -0.3 is 10.7 Å². The lowest BCUT2D eigenvalue weighted by atomic mass is 10.1. The van der Waals surface area contributed by atoms with Gasteiger partial charge in [-0.3, -0.25) is 4.79 Å². The number of hydrogen-bond acceptors (Lipinski definition) is 5. The second kappa shape index (κ2) is 5.16. The minimum absolute atomic E-state index is 0.0652. The van der Waals surface area contributed by atoms with Crippen molar-refractivity contribution < 1.29 is 4.79 Å². The van der Waals surface area contributed by atoms with Crippen molar-refractivity contribution in [3.05, 3.63) is 36.2 Å². The molecule has 20 heavy (non-hydrogen) atoms. The number of nitrogens with two attached hydrogens (primary N) is 1. The van der Waals surface area contributed by atoms with E-state index >= 15 is 0 Å². The Morgan fingerprint density at radius 2 is 2.30 bits per heavy atom. The number of para-hydroxylation sites is 1. The molecule has 2 N–H and O–H groups in total. The summed E-state index contributed by atoms with van der Waals surface area (Å²) in [6.45, 7) is 2.06. The van der Waals surface area contributed by atoms with Gasteiger partial charge in [0.15, 0.2) is 0 Å². The van der Waals surface area contributed by atoms with Crippen LogP contribution in [0.5, 0.6) is 0 Å². The molecule has 2 aromatic rings. The third-order valence-corrected chi connectivity index (χ3v) is 4.28. The second-order valence-electron chi connectivity index (χ2n) is 4.76. The van der Waals surface area contributed by atoms with Crippen LogP contribution in [0.1, 0.15) is 12.5 Å². The zero-order valence-electron chi connectivity index (χ0n) is 11.1. The van der Waals surface area contributed by atoms with Crippen LogP contribution < -0.4 is 10.7 Å². The SMILES string of the molecule is C[C@H]1Cc2ccccc2N1C(=O)CSc1nncn1N. The topological polar surface area (TPSA) is 77.0 Å². The Balaban J connectivity index is 1.73. The first-order valence-electron chi connectivity index (χ1n) is 6.34. The van der Waals surface area contributed by atoms with E-state index in [-0.39, 0.29) is 11.9 Å². The summed E-state index contributed by atoms with van der Waals surface area (Å²) in [5, 5.41) is 8.09. The van der Waals surface area contributed by atoms with Crippen molar-refractivity contribution in [1.82, 2.24) is 14.9 Å². The first-order valence-corrected chi connectivity index (χ1v) is 7.33. The van der Waals surface area contributed by atoms with E-state index in [4.69, 9.17) is 5.84 Å². The maximum atomic E-state index is 12.4. The molecule has 1 aliphatic heterocycles. The van der Waals surface area contributed by atoms with Crippen molar-refractivity contribution >= 4 is 23.4 Å². The average molecular weight is 289 g/mol. The molecule has 7 heteroatoms. The van der Waals surface area contributed by atoms with Crippen LogP contribution in [-0.2, 0) is 11.2 Å². The van der Waals surface area contributed by atoms with Crippen molar-refractivity contribution in [1.29, 1.82) is 0 Å². The Morgan fingerprint density at radius 1 is 1.50 bits per heavy atom. The molecule has 0 aliphatic carbocycles. The number of thioether (sulfide) groups is 1. The summed E-state index contributed by atoms with van der Waals surface area (Å²) in [6.07, 6.45) is 2.32. The van der Waals surface area contributed by atoms with Gasteiger partial charge in [0.2, 0.25) is 11.1 Å². The smallest absolute Gasteiger partial charge is 0.237 e. The number of hydrogen-bond donors (Lipinski definition) is 1. The van der Waals surface area contributed by atoms with Gasteiger partial charge in [-0.2, -0.15) is 0 Å². The third kappa shape index (κ3) is 2.24. The van der Waals surface area contributed by atoms with Crippen molar-refractivity contribution in [3.63, 3.8) is 0 Å². The summed E-state index contributed by atoms with van der Waals surface area (Å²) in [4.78, 5) is 14.3. The maximum absolute atomic E-state index is 12.4. The molecule has 0 fully saturated rings. The van der Waals surface area contributed by atoms with Crippen LogP contribution in [0.3, 0.4) is 0 Å². The Morgan fingerprint density at radius 3 is 3.05 bits per heavy atom. The molecule has 1 aromatic heterocycles. The van der Waals surface area contributed by atoms with E-state index in [1.165, 1.54) is 28.3 Å². The summed E-state index contributed by atoms with van der Waals surface area (Å²) >= 11 is 1.30. The average Bonchev–Trinajstić information content (AvgIpc) is 2.98. The van der Waals surface area contributed by atoms with Crippen LogP contribution in [0.4, 0.5) is 5.69 Å². The molecule has 1 aliphatic rings. The number of aromatic nitrogens is 3. The van der Waals surface area contributed by atoms with Gasteiger partial charge in [0.25, 0.3) is 0 Å². The lowest BCUT2D eigenvalue weighted by Crippen LogP contribution is -2.37. The fourth-order valence-corrected chi connectivity index (χ4v) is 3.17. The molecule has 104 valence electrons. The number of nitrogen functional groups attached to an aromatic ring is 1. The van der Waals surface area contributed by atoms with Crippen LogP contribution in [0, 0.1) is 0 Å². The van der Waals surface area contributed by atoms with Gasteiger partial charge in [-0.05, 0) is 25.0 Å². The molecule has 1 aromatic carbocycles. The van der Waals surface area contributed by atoms with E-state index in [9.17, 15) is 4.79 Å². The molecule has 1 atom stereocenters. The first kappa shape index (κ1) is 13.0. The predicted octanol–water partition coefficient (Wildman–Crippen LogP) is 1.06. The molecule has 0 bridgehead atoms. The van der Waals surface area contributed by atoms with Gasteiger partial charge in [0.1, 0.15) is 6.33 Å². The summed E-state index contributed by atoms with van der Waals surface area (Å²) in [5.41, 5.74) is 2.24. The highest BCUT2D eigenvalue weighted by Crippen LogP contribution is 2.32. The fourth-order valence-electron chi connectivity index (χ4n) is 2.48. The molecule has 1 amide bonds. The zero-order chi connectivity index (χ0) is 14.1. The highest BCUT2D eigenvalue weighted by atomic mass is 32.2. The van der Waals surface area contributed by atoms with Gasteiger partial charge >= 0.3 is 0 Å². The van der Waals surface area contributed by atoms with Crippen molar-refractivity contribution in [2.24, 2.45) is 0 Å². The number of anilines is 1. The molecule has 0 saturated carbocycles. The number of rotatable bonds is 3. The van der Waals surface area contributed by atoms with Crippen LogP contribution in [0.15, 0.2) is 35.7 Å². The van der Waals surface area contributed by atoms with E-state index in [1.54, 1.807) is 0 Å². The Labute approximate surface area is 120 Å². The lowest BCUT2D eigenvalue weighted by molar-refractivity contribution is -0.116. The first-order chi connectivity index (χ1) is 9.66. The quantitative estimate of drug-likeness (QED) is 0.675. The van der Waals surface area contributed by atoms with Gasteiger partial charge in [0, 0.05) is 11.7 Å². The van der Waals surface area contributed by atoms with Crippen LogP contribution in [0.25, 0.3) is 0 Å². The molecule has 0 radical (unpaired) electrons. The summed E-state index contributed by atoms with van der Waals surface area (Å²) in [7, 11) is 0. The van der Waals surface area contributed by atoms with E-state index in [2.05, 4.69) is 23.2 Å². The summed E-state index contributed by atoms with van der Waals surface area (Å²) < 4.78 is 1.32. The highest BCUT2D eigenvalue weighted by Gasteiger charge is 2.30. The Hall–Kier alpha value is -2.02. The van der Waals surface area contributed by atoms with Crippen molar-refractivity contribution in [2.75, 3.05) is 16.5 Å². The summed E-state index contributed by atoms with van der Waals surface area (Å²) in [6, 6.07) is 8.22.